The van der Waals surface area contributed by atoms with Crippen molar-refractivity contribution in [3.63, 3.8) is 0 Å². The predicted octanol–water partition coefficient (Wildman–Crippen LogP) is 5.98. The Bertz CT molecular complexity index is 700. The summed E-state index contributed by atoms with van der Waals surface area (Å²) in [7, 11) is 1.69. The molecule has 0 heterocycles. The van der Waals surface area contributed by atoms with Crippen molar-refractivity contribution in [2.45, 2.75) is 65.2 Å². The SMILES string of the molecule is CCC1=C(C)C(c2ccc(OC)cc2)/C(=C(\C)C2CCCCC2)C1=O. The Kier molecular flexibility index (Phi) is 5.46. The molecule has 1 aromatic rings. The summed E-state index contributed by atoms with van der Waals surface area (Å²) in [6, 6.07) is 8.25. The molecule has 2 heteroatoms. The van der Waals surface area contributed by atoms with Gasteiger partial charge in [0.05, 0.1) is 7.11 Å². The van der Waals surface area contributed by atoms with Gasteiger partial charge >= 0.3 is 0 Å². The van der Waals surface area contributed by atoms with Gasteiger partial charge in [0, 0.05) is 11.5 Å². The van der Waals surface area contributed by atoms with Crippen molar-refractivity contribution >= 4 is 5.78 Å². The van der Waals surface area contributed by atoms with Crippen LogP contribution in [0.15, 0.2) is 46.6 Å². The minimum Gasteiger partial charge on any atom is -0.497 e. The number of rotatable bonds is 4. The van der Waals surface area contributed by atoms with Crippen LogP contribution >= 0.6 is 0 Å². The van der Waals surface area contributed by atoms with Gasteiger partial charge in [0.2, 0.25) is 0 Å². The van der Waals surface area contributed by atoms with Gasteiger partial charge in [-0.2, -0.15) is 0 Å². The normalized spacial score (nSPS) is 24.0. The maximum Gasteiger partial charge on any atom is 0.185 e. The molecular formula is C23H30O2. The lowest BCUT2D eigenvalue weighted by atomic mass is 9.78. The smallest absolute Gasteiger partial charge is 0.185 e. The lowest BCUT2D eigenvalue weighted by Crippen LogP contribution is -2.15. The monoisotopic (exact) mass is 338 g/mol. The Hall–Kier alpha value is -1.83. The number of hydrogen-bond acceptors (Lipinski definition) is 2. The highest BCUT2D eigenvalue weighted by Crippen LogP contribution is 2.46. The van der Waals surface area contributed by atoms with Crippen LogP contribution in [0.5, 0.6) is 5.75 Å². The maximum atomic E-state index is 13.2. The van der Waals surface area contributed by atoms with E-state index >= 15 is 0 Å². The first-order valence-corrected chi connectivity index (χ1v) is 9.67. The molecule has 0 aromatic heterocycles. The molecule has 0 radical (unpaired) electrons. The Balaban J connectivity index is 2.06. The number of Topliss-reactive ketones (excluding diaryl/α,β-unsaturated/α-hetero) is 1. The number of ether oxygens (including phenoxy) is 1. The van der Waals surface area contributed by atoms with Gasteiger partial charge < -0.3 is 4.74 Å². The molecule has 0 spiro atoms. The summed E-state index contributed by atoms with van der Waals surface area (Å²) in [6.07, 6.45) is 7.22. The highest BCUT2D eigenvalue weighted by atomic mass is 16.5. The molecule has 1 aromatic carbocycles. The van der Waals surface area contributed by atoms with E-state index in [1.807, 2.05) is 12.1 Å². The fourth-order valence-corrected chi connectivity index (χ4v) is 4.68. The molecule has 0 saturated heterocycles. The van der Waals surface area contributed by atoms with Gasteiger partial charge in [0.1, 0.15) is 5.75 Å². The minimum atomic E-state index is 0.121. The third-order valence-corrected chi connectivity index (χ3v) is 6.16. The molecule has 0 aliphatic heterocycles. The molecule has 1 saturated carbocycles. The predicted molar refractivity (Wildman–Crippen MR) is 103 cm³/mol. The average molecular weight is 338 g/mol. The molecule has 2 nitrogen and oxygen atoms in total. The van der Waals surface area contributed by atoms with Crippen LogP contribution in [0.4, 0.5) is 0 Å². The highest BCUT2D eigenvalue weighted by molar-refractivity contribution is 6.14. The first kappa shape index (κ1) is 18.0. The number of ketones is 1. The molecular weight excluding hydrogens is 308 g/mol. The number of benzene rings is 1. The van der Waals surface area contributed by atoms with E-state index in [1.165, 1.54) is 48.8 Å². The van der Waals surface area contributed by atoms with Crippen LogP contribution in [-0.2, 0) is 4.79 Å². The number of allylic oxidation sites excluding steroid dienone is 4. The van der Waals surface area contributed by atoms with E-state index in [4.69, 9.17) is 4.74 Å². The maximum absolute atomic E-state index is 13.2. The second kappa shape index (κ2) is 7.59. The molecule has 2 aliphatic rings. The van der Waals surface area contributed by atoms with E-state index in [2.05, 4.69) is 32.9 Å². The van der Waals surface area contributed by atoms with Gasteiger partial charge in [-0.05, 0) is 62.3 Å². The molecule has 1 fully saturated rings. The quantitative estimate of drug-likeness (QED) is 0.631. The number of methoxy groups -OCH3 is 1. The van der Waals surface area contributed by atoms with Crippen LogP contribution in [0.1, 0.15) is 70.8 Å². The molecule has 3 rings (SSSR count). The molecule has 0 bridgehead atoms. The van der Waals surface area contributed by atoms with Gasteiger partial charge in [0.15, 0.2) is 5.78 Å². The van der Waals surface area contributed by atoms with E-state index in [1.54, 1.807) is 7.11 Å². The number of hydrogen-bond donors (Lipinski definition) is 0. The van der Waals surface area contributed by atoms with Gasteiger partial charge in [-0.25, -0.2) is 0 Å². The second-order valence-corrected chi connectivity index (χ2v) is 7.48. The molecule has 134 valence electrons. The fourth-order valence-electron chi connectivity index (χ4n) is 4.68. The summed E-state index contributed by atoms with van der Waals surface area (Å²) in [5.41, 5.74) is 5.87. The van der Waals surface area contributed by atoms with Crippen LogP contribution < -0.4 is 4.74 Å². The summed E-state index contributed by atoms with van der Waals surface area (Å²) in [4.78, 5) is 13.2. The fraction of sp³-hybridized carbons (Fsp3) is 0.522. The van der Waals surface area contributed by atoms with Crippen LogP contribution in [0.25, 0.3) is 0 Å². The number of carbonyl (C=O) groups excluding carboxylic acids is 1. The van der Waals surface area contributed by atoms with Gasteiger partial charge in [-0.3, -0.25) is 4.79 Å². The zero-order valence-corrected chi connectivity index (χ0v) is 16.0. The van der Waals surface area contributed by atoms with Crippen LogP contribution in [0, 0.1) is 5.92 Å². The van der Waals surface area contributed by atoms with Crippen molar-refractivity contribution in [3.05, 3.63) is 52.1 Å². The molecule has 0 amide bonds. The Morgan fingerprint density at radius 2 is 1.76 bits per heavy atom. The van der Waals surface area contributed by atoms with Crippen molar-refractivity contribution in [1.82, 2.24) is 0 Å². The van der Waals surface area contributed by atoms with Crippen molar-refractivity contribution in [1.29, 1.82) is 0 Å². The lowest BCUT2D eigenvalue weighted by Gasteiger charge is -2.26. The Morgan fingerprint density at radius 1 is 1.12 bits per heavy atom. The van der Waals surface area contributed by atoms with E-state index in [9.17, 15) is 4.79 Å². The largest absolute Gasteiger partial charge is 0.497 e. The van der Waals surface area contributed by atoms with E-state index in [-0.39, 0.29) is 5.92 Å². The summed E-state index contributed by atoms with van der Waals surface area (Å²) in [5, 5.41) is 0. The minimum absolute atomic E-state index is 0.121. The zero-order chi connectivity index (χ0) is 18.0. The lowest BCUT2D eigenvalue weighted by molar-refractivity contribution is -0.112. The van der Waals surface area contributed by atoms with Crippen molar-refractivity contribution in [2.24, 2.45) is 5.92 Å². The third kappa shape index (κ3) is 3.31. The summed E-state index contributed by atoms with van der Waals surface area (Å²) >= 11 is 0. The van der Waals surface area contributed by atoms with Gasteiger partial charge in [-0.1, -0.05) is 49.5 Å². The Morgan fingerprint density at radius 3 is 2.32 bits per heavy atom. The van der Waals surface area contributed by atoms with Crippen molar-refractivity contribution in [3.8, 4) is 5.75 Å². The highest BCUT2D eigenvalue weighted by Gasteiger charge is 2.37. The van der Waals surface area contributed by atoms with Crippen LogP contribution in [0.2, 0.25) is 0 Å². The standard InChI is InChI=1S/C23H30O2/c1-5-20-16(3)21(18-11-13-19(25-4)14-12-18)22(23(20)24)15(2)17-9-7-6-8-10-17/h11-14,17,21H,5-10H2,1-4H3/b22-15-. The summed E-state index contributed by atoms with van der Waals surface area (Å²) in [5.74, 6) is 1.86. The third-order valence-electron chi connectivity index (χ3n) is 6.16. The molecule has 25 heavy (non-hydrogen) atoms. The van der Waals surface area contributed by atoms with Crippen molar-refractivity contribution in [2.75, 3.05) is 7.11 Å². The first-order chi connectivity index (χ1) is 12.1. The van der Waals surface area contributed by atoms with Crippen LogP contribution in [-0.4, -0.2) is 12.9 Å². The average Bonchev–Trinajstić information content (AvgIpc) is 2.91. The molecule has 1 atom stereocenters. The van der Waals surface area contributed by atoms with E-state index in [0.29, 0.717) is 11.7 Å². The first-order valence-electron chi connectivity index (χ1n) is 9.67. The van der Waals surface area contributed by atoms with Gasteiger partial charge in [0.25, 0.3) is 0 Å². The Labute approximate surface area is 152 Å². The summed E-state index contributed by atoms with van der Waals surface area (Å²) in [6.45, 7) is 6.46. The zero-order valence-electron chi connectivity index (χ0n) is 16.0. The molecule has 1 unspecified atom stereocenters. The van der Waals surface area contributed by atoms with E-state index in [0.717, 1.165) is 23.3 Å². The second-order valence-electron chi connectivity index (χ2n) is 7.48. The van der Waals surface area contributed by atoms with Gasteiger partial charge in [-0.15, -0.1) is 0 Å². The molecule has 2 aliphatic carbocycles. The number of carbonyl (C=O) groups is 1. The summed E-state index contributed by atoms with van der Waals surface area (Å²) < 4.78 is 5.30. The van der Waals surface area contributed by atoms with E-state index < -0.39 is 0 Å². The van der Waals surface area contributed by atoms with Crippen molar-refractivity contribution < 1.29 is 9.53 Å². The topological polar surface area (TPSA) is 26.3 Å². The molecule has 0 N–H and O–H groups in total. The van der Waals surface area contributed by atoms with Crippen LogP contribution in [0.3, 0.4) is 0 Å².